The molecule has 0 fully saturated rings. The van der Waals surface area contributed by atoms with Crippen molar-refractivity contribution in [1.29, 1.82) is 0 Å². The van der Waals surface area contributed by atoms with Crippen molar-refractivity contribution < 1.29 is 19.0 Å². The van der Waals surface area contributed by atoms with Gasteiger partial charge >= 0.3 is 5.97 Å². The smallest absolute Gasteiger partial charge is 0.308 e. The molecule has 0 bridgehead atoms. The minimum Gasteiger partial charge on any atom is -0.466 e. The zero-order valence-corrected chi connectivity index (χ0v) is 10.7. The van der Waals surface area contributed by atoms with E-state index in [0.29, 0.717) is 5.69 Å². The number of carbonyl (C=O) groups excluding carboxylic acids is 1. The van der Waals surface area contributed by atoms with Crippen molar-refractivity contribution in [1.82, 2.24) is 0 Å². The number of esters is 1. The Morgan fingerprint density at radius 3 is 2.94 bits per heavy atom. The highest BCUT2D eigenvalue weighted by atomic mass is 35.5. The van der Waals surface area contributed by atoms with Crippen LogP contribution in [0.2, 0.25) is 5.02 Å². The van der Waals surface area contributed by atoms with Crippen molar-refractivity contribution in [3.63, 3.8) is 0 Å². The van der Waals surface area contributed by atoms with E-state index in [1.54, 1.807) is 6.92 Å². The number of carbonyl (C=O) groups is 1. The van der Waals surface area contributed by atoms with Gasteiger partial charge in [-0.3, -0.25) is 4.79 Å². The van der Waals surface area contributed by atoms with Crippen LogP contribution in [0.25, 0.3) is 0 Å². The first-order valence-electron chi connectivity index (χ1n) is 5.55. The van der Waals surface area contributed by atoms with Gasteiger partial charge in [0.2, 0.25) is 0 Å². The number of anilines is 1. The second-order valence-corrected chi connectivity index (χ2v) is 4.08. The van der Waals surface area contributed by atoms with Crippen LogP contribution in [0.5, 0.6) is 0 Å². The molecule has 1 rings (SSSR count). The molecule has 0 radical (unpaired) electrons. The quantitative estimate of drug-likeness (QED) is 0.782. The van der Waals surface area contributed by atoms with Crippen molar-refractivity contribution in [3.05, 3.63) is 29.0 Å². The first-order chi connectivity index (χ1) is 8.52. The van der Waals surface area contributed by atoms with Crippen molar-refractivity contribution in [3.8, 4) is 0 Å². The highest BCUT2D eigenvalue weighted by Crippen LogP contribution is 2.22. The molecule has 4 nitrogen and oxygen atoms in total. The molecule has 0 saturated heterocycles. The van der Waals surface area contributed by atoms with Gasteiger partial charge in [-0.15, -0.1) is 0 Å². The van der Waals surface area contributed by atoms with Gasteiger partial charge in [0.05, 0.1) is 29.8 Å². The summed E-state index contributed by atoms with van der Waals surface area (Å²) in [5.41, 5.74) is 0.501. The van der Waals surface area contributed by atoms with E-state index < -0.39 is 17.9 Å². The Labute approximate surface area is 110 Å². The third-order valence-corrected chi connectivity index (χ3v) is 2.48. The molecule has 0 aliphatic rings. The molecule has 0 amide bonds. The van der Waals surface area contributed by atoms with Crippen molar-refractivity contribution in [2.24, 2.45) is 0 Å². The van der Waals surface area contributed by atoms with Crippen LogP contribution in [0.15, 0.2) is 18.2 Å². The Morgan fingerprint density at radius 2 is 2.33 bits per heavy atom. The van der Waals surface area contributed by atoms with Gasteiger partial charge in [0.1, 0.15) is 5.82 Å². The number of hydrogen-bond donors (Lipinski definition) is 2. The molecule has 0 saturated carbocycles. The molecule has 1 aromatic rings. The number of ether oxygens (including phenoxy) is 1. The van der Waals surface area contributed by atoms with Gasteiger partial charge in [0.25, 0.3) is 0 Å². The predicted octanol–water partition coefficient (Wildman–Crippen LogP) is 2.21. The second kappa shape index (κ2) is 7.18. The van der Waals surface area contributed by atoms with Crippen LogP contribution in [0, 0.1) is 5.82 Å². The molecule has 1 aromatic carbocycles. The molecule has 1 unspecified atom stereocenters. The highest BCUT2D eigenvalue weighted by molar-refractivity contribution is 6.33. The maximum absolute atomic E-state index is 12.8. The van der Waals surface area contributed by atoms with Crippen LogP contribution in [0.4, 0.5) is 10.1 Å². The van der Waals surface area contributed by atoms with Gasteiger partial charge in [-0.05, 0) is 25.1 Å². The first kappa shape index (κ1) is 14.7. The molecule has 100 valence electrons. The van der Waals surface area contributed by atoms with Crippen LogP contribution in [0.3, 0.4) is 0 Å². The lowest BCUT2D eigenvalue weighted by atomic mass is 10.2. The summed E-state index contributed by atoms with van der Waals surface area (Å²) in [6, 6.07) is 3.89. The normalized spacial score (nSPS) is 12.0. The summed E-state index contributed by atoms with van der Waals surface area (Å²) in [5.74, 6) is -0.894. The minimum atomic E-state index is -0.884. The number of aliphatic hydroxyl groups is 1. The largest absolute Gasteiger partial charge is 0.466 e. The summed E-state index contributed by atoms with van der Waals surface area (Å²) in [6.45, 7) is 2.10. The third kappa shape index (κ3) is 4.89. The topological polar surface area (TPSA) is 58.6 Å². The van der Waals surface area contributed by atoms with Gasteiger partial charge < -0.3 is 15.2 Å². The van der Waals surface area contributed by atoms with E-state index >= 15 is 0 Å². The van der Waals surface area contributed by atoms with Crippen LogP contribution in [0.1, 0.15) is 13.3 Å². The first-order valence-corrected chi connectivity index (χ1v) is 5.93. The van der Waals surface area contributed by atoms with Gasteiger partial charge in [0.15, 0.2) is 0 Å². The summed E-state index contributed by atoms with van der Waals surface area (Å²) in [7, 11) is 0. The zero-order chi connectivity index (χ0) is 13.5. The molecule has 6 heteroatoms. The summed E-state index contributed by atoms with van der Waals surface area (Å²) in [5, 5.41) is 12.6. The van der Waals surface area contributed by atoms with Gasteiger partial charge in [-0.2, -0.15) is 0 Å². The molecular formula is C12H15ClFNO3. The highest BCUT2D eigenvalue weighted by Gasteiger charge is 2.12. The molecule has 18 heavy (non-hydrogen) atoms. The van der Waals surface area contributed by atoms with Crippen LogP contribution in [-0.2, 0) is 9.53 Å². The van der Waals surface area contributed by atoms with E-state index in [0.717, 1.165) is 0 Å². The molecule has 1 atom stereocenters. The lowest BCUT2D eigenvalue weighted by Crippen LogP contribution is -2.24. The third-order valence-electron chi connectivity index (χ3n) is 2.17. The molecule has 0 aromatic heterocycles. The number of hydrogen-bond acceptors (Lipinski definition) is 4. The average Bonchev–Trinajstić information content (AvgIpc) is 2.28. The maximum Gasteiger partial charge on any atom is 0.308 e. The van der Waals surface area contributed by atoms with Crippen molar-refractivity contribution in [2.75, 3.05) is 18.5 Å². The minimum absolute atomic E-state index is 0.0976. The van der Waals surface area contributed by atoms with E-state index in [1.165, 1.54) is 18.2 Å². The van der Waals surface area contributed by atoms with Crippen LogP contribution in [-0.4, -0.2) is 30.3 Å². The predicted molar refractivity (Wildman–Crippen MR) is 67.2 cm³/mol. The van der Waals surface area contributed by atoms with E-state index in [2.05, 4.69) is 5.32 Å². The Kier molecular flexibility index (Phi) is 5.88. The Bertz CT molecular complexity index is 414. The molecular weight excluding hydrogens is 261 g/mol. The monoisotopic (exact) mass is 275 g/mol. The molecule has 2 N–H and O–H groups in total. The van der Waals surface area contributed by atoms with Gasteiger partial charge in [-0.25, -0.2) is 4.39 Å². The summed E-state index contributed by atoms with van der Waals surface area (Å²) < 4.78 is 17.5. The number of rotatable bonds is 6. The molecule has 0 heterocycles. The fourth-order valence-corrected chi connectivity index (χ4v) is 1.58. The SMILES string of the molecule is CCOC(=O)CC(O)CNc1ccc(F)cc1Cl. The zero-order valence-electron chi connectivity index (χ0n) is 9.95. The fourth-order valence-electron chi connectivity index (χ4n) is 1.35. The van der Waals surface area contributed by atoms with Crippen LogP contribution < -0.4 is 5.32 Å². The molecule has 0 spiro atoms. The van der Waals surface area contributed by atoms with E-state index in [9.17, 15) is 14.3 Å². The van der Waals surface area contributed by atoms with E-state index in [-0.39, 0.29) is 24.6 Å². The number of halogens is 2. The lowest BCUT2D eigenvalue weighted by molar-refractivity contribution is -0.145. The molecule has 0 aliphatic carbocycles. The van der Waals surface area contributed by atoms with Crippen molar-refractivity contribution >= 4 is 23.3 Å². The Balaban J connectivity index is 2.42. The van der Waals surface area contributed by atoms with E-state index in [4.69, 9.17) is 16.3 Å². The number of benzene rings is 1. The number of nitrogens with one attached hydrogen (secondary N) is 1. The summed E-state index contributed by atoms with van der Waals surface area (Å²) in [4.78, 5) is 11.1. The Morgan fingerprint density at radius 1 is 1.61 bits per heavy atom. The average molecular weight is 276 g/mol. The summed E-state index contributed by atoms with van der Waals surface area (Å²) in [6.07, 6.45) is -0.982. The Hall–Kier alpha value is -1.33. The second-order valence-electron chi connectivity index (χ2n) is 3.67. The van der Waals surface area contributed by atoms with E-state index in [1.807, 2.05) is 0 Å². The maximum atomic E-state index is 12.8. The fraction of sp³-hybridized carbons (Fsp3) is 0.417. The molecule has 0 aliphatic heterocycles. The number of aliphatic hydroxyl groups excluding tert-OH is 1. The van der Waals surface area contributed by atoms with Gasteiger partial charge in [-0.1, -0.05) is 11.6 Å². The van der Waals surface area contributed by atoms with Crippen LogP contribution >= 0.6 is 11.6 Å². The standard InChI is InChI=1S/C12H15ClFNO3/c1-2-18-12(17)6-9(16)7-15-11-4-3-8(14)5-10(11)13/h3-5,9,15-16H,2,6-7H2,1H3. The van der Waals surface area contributed by atoms with Crippen molar-refractivity contribution in [2.45, 2.75) is 19.4 Å². The van der Waals surface area contributed by atoms with Gasteiger partial charge in [0, 0.05) is 6.54 Å². The lowest BCUT2D eigenvalue weighted by Gasteiger charge is -2.13. The summed E-state index contributed by atoms with van der Waals surface area (Å²) >= 11 is 5.79.